The van der Waals surface area contributed by atoms with Crippen molar-refractivity contribution in [2.45, 2.75) is 32.3 Å². The van der Waals surface area contributed by atoms with E-state index in [1.165, 1.54) is 0 Å². The Morgan fingerprint density at radius 3 is 2.43 bits per heavy atom. The lowest BCUT2D eigenvalue weighted by Gasteiger charge is -2.20. The zero-order chi connectivity index (χ0) is 10.8. The molecule has 0 spiro atoms. The maximum atomic E-state index is 11.0. The summed E-state index contributed by atoms with van der Waals surface area (Å²) in [6, 6.07) is 0. The standard InChI is InChI=1S/C6H12O6S2/c1-2-3-4-6-5-13(7,8)12-14(9,10)11-6/h6H,2-5H2,1H3. The second kappa shape index (κ2) is 4.13. The molecule has 84 valence electrons. The van der Waals surface area contributed by atoms with Gasteiger partial charge in [0, 0.05) is 0 Å². The molecular weight excluding hydrogens is 232 g/mol. The van der Waals surface area contributed by atoms with E-state index in [1.54, 1.807) is 0 Å². The van der Waals surface area contributed by atoms with Gasteiger partial charge in [-0.15, -0.1) is 3.63 Å². The molecule has 0 radical (unpaired) electrons. The highest BCUT2D eigenvalue weighted by Gasteiger charge is 2.36. The Kier molecular flexibility index (Phi) is 3.51. The van der Waals surface area contributed by atoms with E-state index in [0.717, 1.165) is 12.8 Å². The molecule has 0 aromatic carbocycles. The molecule has 1 unspecified atom stereocenters. The van der Waals surface area contributed by atoms with E-state index in [-0.39, 0.29) is 0 Å². The fourth-order valence-corrected chi connectivity index (χ4v) is 3.80. The van der Waals surface area contributed by atoms with Gasteiger partial charge in [0.05, 0.1) is 6.10 Å². The van der Waals surface area contributed by atoms with E-state index in [4.69, 9.17) is 0 Å². The van der Waals surface area contributed by atoms with Crippen LogP contribution in [0, 0.1) is 0 Å². The highest BCUT2D eigenvalue weighted by Crippen LogP contribution is 2.20. The van der Waals surface area contributed by atoms with Crippen LogP contribution in [0.1, 0.15) is 26.2 Å². The molecule has 8 heteroatoms. The highest BCUT2D eigenvalue weighted by molar-refractivity contribution is 7.98. The molecule has 6 nitrogen and oxygen atoms in total. The summed E-state index contributed by atoms with van der Waals surface area (Å²) < 4.78 is 51.8. The quantitative estimate of drug-likeness (QED) is 0.703. The summed E-state index contributed by atoms with van der Waals surface area (Å²) in [5.74, 6) is -0.397. The smallest absolute Gasteiger partial charge is 0.243 e. The maximum absolute atomic E-state index is 11.0. The van der Waals surface area contributed by atoms with Crippen molar-refractivity contribution in [2.24, 2.45) is 0 Å². The Balaban J connectivity index is 2.72. The Morgan fingerprint density at radius 1 is 1.29 bits per heavy atom. The van der Waals surface area contributed by atoms with Crippen molar-refractivity contribution in [3.63, 3.8) is 0 Å². The summed E-state index contributed by atoms with van der Waals surface area (Å²) in [5.41, 5.74) is 0. The SMILES string of the molecule is CCCCC1CS(=O)(=O)OS(=O)(=O)O1. The van der Waals surface area contributed by atoms with Crippen LogP contribution < -0.4 is 0 Å². The average molecular weight is 244 g/mol. The second-order valence-electron chi connectivity index (χ2n) is 3.06. The van der Waals surface area contributed by atoms with Crippen molar-refractivity contribution >= 4 is 20.5 Å². The first-order valence-electron chi connectivity index (χ1n) is 4.21. The molecule has 0 aliphatic carbocycles. The number of hydrogen-bond acceptors (Lipinski definition) is 6. The third kappa shape index (κ3) is 3.52. The first kappa shape index (κ1) is 11.9. The average Bonchev–Trinajstić information content (AvgIpc) is 1.94. The van der Waals surface area contributed by atoms with Crippen molar-refractivity contribution in [3.8, 4) is 0 Å². The fourth-order valence-electron chi connectivity index (χ4n) is 1.16. The molecule has 1 fully saturated rings. The van der Waals surface area contributed by atoms with Gasteiger partial charge in [-0.1, -0.05) is 19.8 Å². The van der Waals surface area contributed by atoms with Crippen LogP contribution in [0.2, 0.25) is 0 Å². The topological polar surface area (TPSA) is 86.7 Å². The lowest BCUT2D eigenvalue weighted by Crippen LogP contribution is -2.36. The van der Waals surface area contributed by atoms with Crippen molar-refractivity contribution in [1.82, 2.24) is 0 Å². The van der Waals surface area contributed by atoms with Gasteiger partial charge in [0.1, 0.15) is 5.75 Å². The molecule has 0 saturated carbocycles. The number of hydrogen-bond donors (Lipinski definition) is 0. The molecule has 0 bridgehead atoms. The molecule has 1 atom stereocenters. The second-order valence-corrected chi connectivity index (χ2v) is 6.06. The zero-order valence-corrected chi connectivity index (χ0v) is 9.30. The van der Waals surface area contributed by atoms with Crippen LogP contribution in [-0.4, -0.2) is 28.7 Å². The van der Waals surface area contributed by atoms with Gasteiger partial charge in [0.15, 0.2) is 0 Å². The monoisotopic (exact) mass is 244 g/mol. The van der Waals surface area contributed by atoms with Crippen molar-refractivity contribution < 1.29 is 24.6 Å². The van der Waals surface area contributed by atoms with Crippen LogP contribution in [-0.2, 0) is 28.3 Å². The predicted molar refractivity (Wildman–Crippen MR) is 48.2 cm³/mol. The third-order valence-corrected chi connectivity index (χ3v) is 4.49. The van der Waals surface area contributed by atoms with Gasteiger partial charge in [0.25, 0.3) is 10.1 Å². The highest BCUT2D eigenvalue weighted by atomic mass is 32.3. The van der Waals surface area contributed by atoms with Gasteiger partial charge in [-0.2, -0.15) is 16.8 Å². The van der Waals surface area contributed by atoms with Gasteiger partial charge in [-0.25, -0.2) is 4.18 Å². The lowest BCUT2D eigenvalue weighted by molar-refractivity contribution is 0.175. The molecule has 1 aliphatic heterocycles. The molecule has 1 rings (SSSR count). The molecular formula is C6H12O6S2. The summed E-state index contributed by atoms with van der Waals surface area (Å²) in [5, 5.41) is 0. The fraction of sp³-hybridized carbons (Fsp3) is 1.00. The van der Waals surface area contributed by atoms with E-state index < -0.39 is 32.4 Å². The molecule has 1 aliphatic rings. The Labute approximate surface area is 83.7 Å². The van der Waals surface area contributed by atoms with E-state index in [2.05, 4.69) is 7.81 Å². The normalized spacial score (nSPS) is 29.9. The van der Waals surface area contributed by atoms with Gasteiger partial charge in [-0.05, 0) is 6.42 Å². The summed E-state index contributed by atoms with van der Waals surface area (Å²) in [6.45, 7) is 1.92. The van der Waals surface area contributed by atoms with Gasteiger partial charge in [-0.3, -0.25) is 0 Å². The third-order valence-electron chi connectivity index (χ3n) is 1.71. The summed E-state index contributed by atoms with van der Waals surface area (Å²) in [6.07, 6.45) is 1.16. The van der Waals surface area contributed by atoms with Crippen LogP contribution in [0.25, 0.3) is 0 Å². The number of rotatable bonds is 3. The molecule has 0 aromatic rings. The molecule has 0 amide bonds. The predicted octanol–water partition coefficient (Wildman–Crippen LogP) is 0.167. The minimum atomic E-state index is -4.36. The van der Waals surface area contributed by atoms with Crippen LogP contribution in [0.3, 0.4) is 0 Å². The van der Waals surface area contributed by atoms with Crippen LogP contribution in [0.15, 0.2) is 0 Å². The Morgan fingerprint density at radius 2 is 1.93 bits per heavy atom. The van der Waals surface area contributed by atoms with Gasteiger partial charge >= 0.3 is 10.4 Å². The van der Waals surface area contributed by atoms with Crippen molar-refractivity contribution in [3.05, 3.63) is 0 Å². The minimum absolute atomic E-state index is 0.397. The first-order valence-corrected chi connectivity index (χ1v) is 7.13. The molecule has 1 heterocycles. The zero-order valence-electron chi connectivity index (χ0n) is 7.67. The molecule has 1 saturated heterocycles. The van der Waals surface area contributed by atoms with Gasteiger partial charge < -0.3 is 0 Å². The largest absolute Gasteiger partial charge is 0.414 e. The van der Waals surface area contributed by atoms with E-state index >= 15 is 0 Å². The molecule has 14 heavy (non-hydrogen) atoms. The summed E-state index contributed by atoms with van der Waals surface area (Å²) in [4.78, 5) is 0. The van der Waals surface area contributed by atoms with Crippen LogP contribution >= 0.6 is 0 Å². The van der Waals surface area contributed by atoms with Crippen LogP contribution in [0.5, 0.6) is 0 Å². The lowest BCUT2D eigenvalue weighted by atomic mass is 10.2. The molecule has 0 aromatic heterocycles. The summed E-state index contributed by atoms with van der Waals surface area (Å²) >= 11 is 0. The van der Waals surface area contributed by atoms with Crippen molar-refractivity contribution in [2.75, 3.05) is 5.75 Å². The first-order chi connectivity index (χ1) is 6.35. The Hall–Kier alpha value is -0.180. The summed E-state index contributed by atoms with van der Waals surface area (Å²) in [7, 11) is -8.34. The molecule has 0 N–H and O–H groups in total. The van der Waals surface area contributed by atoms with Gasteiger partial charge in [0.2, 0.25) is 0 Å². The minimum Gasteiger partial charge on any atom is -0.243 e. The van der Waals surface area contributed by atoms with E-state index in [1.807, 2.05) is 6.92 Å². The van der Waals surface area contributed by atoms with E-state index in [0.29, 0.717) is 6.42 Å². The maximum Gasteiger partial charge on any atom is 0.414 e. The van der Waals surface area contributed by atoms with E-state index in [9.17, 15) is 16.8 Å². The Bertz CT molecular complexity index is 347. The number of unbranched alkanes of at least 4 members (excludes halogenated alkanes) is 1. The van der Waals surface area contributed by atoms with Crippen LogP contribution in [0.4, 0.5) is 0 Å². The van der Waals surface area contributed by atoms with Crippen molar-refractivity contribution in [1.29, 1.82) is 0 Å².